The van der Waals surface area contributed by atoms with E-state index in [1.54, 1.807) is 84.9 Å². The zero-order valence-corrected chi connectivity index (χ0v) is 17.6. The second-order valence-corrected chi connectivity index (χ2v) is 8.49. The molecule has 0 saturated heterocycles. The zero-order chi connectivity index (χ0) is 22.3. The molecule has 0 fully saturated rings. The fraction of sp³-hybridized carbons (Fsp3) is 0. The lowest BCUT2D eigenvalue weighted by atomic mass is 10.0. The van der Waals surface area contributed by atoms with E-state index < -0.39 is 14.9 Å². The number of anilines is 1. The van der Waals surface area contributed by atoms with Gasteiger partial charge < -0.3 is 0 Å². The van der Waals surface area contributed by atoms with Crippen LogP contribution in [-0.4, -0.2) is 13.5 Å². The lowest BCUT2D eigenvalue weighted by Gasteiger charge is -2.13. The first-order chi connectivity index (χ1) is 15.0. The number of nitrogens with one attached hydrogen (secondary N) is 1. The van der Waals surface area contributed by atoms with Crippen molar-refractivity contribution in [1.29, 1.82) is 10.5 Å². The van der Waals surface area contributed by atoms with E-state index in [0.717, 1.165) is 0 Å². The molecule has 3 rings (SSSR count). The number of nitriles is 2. The minimum Gasteiger partial charge on any atom is -0.277 e. The molecule has 3 aromatic carbocycles. The smallest absolute Gasteiger partial charge is 0.226 e. The molecule has 0 saturated carbocycles. The molecule has 0 radical (unpaired) electrons. The molecular weight excluding hydrogens is 432 g/mol. The molecule has 0 atom stereocenters. The summed E-state index contributed by atoms with van der Waals surface area (Å²) < 4.78 is 27.0. The Morgan fingerprint density at radius 3 is 1.94 bits per heavy atom. The largest absolute Gasteiger partial charge is 0.277 e. The van der Waals surface area contributed by atoms with E-state index in [1.807, 2.05) is 0 Å². The molecule has 0 aliphatic heterocycles. The van der Waals surface area contributed by atoms with Gasteiger partial charge in [0.1, 0.15) is 17.7 Å². The third-order valence-corrected chi connectivity index (χ3v) is 6.14. The Labute approximate surface area is 185 Å². The molecule has 0 amide bonds. The van der Waals surface area contributed by atoms with Crippen molar-refractivity contribution in [2.24, 2.45) is 5.10 Å². The van der Waals surface area contributed by atoms with Crippen molar-refractivity contribution in [2.45, 2.75) is 4.90 Å². The first kappa shape index (κ1) is 21.8. The van der Waals surface area contributed by atoms with Gasteiger partial charge in [0.15, 0.2) is 5.04 Å². The van der Waals surface area contributed by atoms with Crippen molar-refractivity contribution < 1.29 is 8.42 Å². The predicted octanol–water partition coefficient (Wildman–Crippen LogP) is 5.04. The molecule has 0 aliphatic rings. The van der Waals surface area contributed by atoms with Gasteiger partial charge in [-0.2, -0.15) is 15.6 Å². The summed E-state index contributed by atoms with van der Waals surface area (Å²) in [7, 11) is -4.19. The van der Waals surface area contributed by atoms with E-state index in [2.05, 4.69) is 10.5 Å². The van der Waals surface area contributed by atoms with Crippen molar-refractivity contribution >= 4 is 37.7 Å². The van der Waals surface area contributed by atoms with Gasteiger partial charge >= 0.3 is 0 Å². The Morgan fingerprint density at radius 2 is 1.39 bits per heavy atom. The minimum absolute atomic E-state index is 0.0182. The third-order valence-electron chi connectivity index (χ3n) is 4.19. The maximum Gasteiger partial charge on any atom is 0.226 e. The highest BCUT2D eigenvalue weighted by Gasteiger charge is 2.30. The molecule has 0 aromatic heterocycles. The van der Waals surface area contributed by atoms with E-state index in [4.69, 9.17) is 11.6 Å². The maximum absolute atomic E-state index is 13.5. The van der Waals surface area contributed by atoms with Crippen molar-refractivity contribution in [1.82, 2.24) is 0 Å². The second-order valence-electron chi connectivity index (χ2n) is 6.19. The van der Waals surface area contributed by atoms with E-state index in [9.17, 15) is 18.9 Å². The van der Waals surface area contributed by atoms with Gasteiger partial charge in [0.2, 0.25) is 9.84 Å². The summed E-state index contributed by atoms with van der Waals surface area (Å²) in [5.74, 6) is 0. The van der Waals surface area contributed by atoms with Crippen LogP contribution in [0.2, 0.25) is 5.02 Å². The second kappa shape index (κ2) is 9.73. The normalized spacial score (nSPS) is 11.1. The number of sulfone groups is 1. The van der Waals surface area contributed by atoms with E-state index in [-0.39, 0.29) is 16.0 Å². The van der Waals surface area contributed by atoms with Gasteiger partial charge in [0.05, 0.1) is 10.6 Å². The Bertz CT molecular complexity index is 1300. The Morgan fingerprint density at radius 1 is 0.839 bits per heavy atom. The maximum atomic E-state index is 13.5. The molecule has 3 aromatic rings. The van der Waals surface area contributed by atoms with E-state index in [0.29, 0.717) is 16.3 Å². The Balaban J connectivity index is 2.27. The summed E-state index contributed by atoms with van der Waals surface area (Å²) in [5, 5.41) is 23.3. The molecule has 0 bridgehead atoms. The Kier molecular flexibility index (Phi) is 6.84. The van der Waals surface area contributed by atoms with Crippen LogP contribution >= 0.6 is 11.6 Å². The number of allylic oxidation sites excluding steroid dienone is 1. The molecule has 1 N–H and O–H groups in total. The molecule has 0 heterocycles. The standard InChI is InChI=1S/C23H15ClN4O2S/c24-19-11-13-20(14-12-19)27-28-23(31(29,30)21-9-5-2-6-10-21)22(18(15-25)16-26)17-7-3-1-4-8-17/h1-14,27H/b28-23+. The monoisotopic (exact) mass is 446 g/mol. The van der Waals surface area contributed by atoms with Crippen LogP contribution in [-0.2, 0) is 9.84 Å². The van der Waals surface area contributed by atoms with Crippen molar-refractivity contribution in [2.75, 3.05) is 5.43 Å². The highest BCUT2D eigenvalue weighted by atomic mass is 35.5. The lowest BCUT2D eigenvalue weighted by Crippen LogP contribution is -2.20. The highest BCUT2D eigenvalue weighted by molar-refractivity contribution is 8.07. The van der Waals surface area contributed by atoms with Gasteiger partial charge in [-0.15, -0.1) is 0 Å². The summed E-state index contributed by atoms with van der Waals surface area (Å²) in [4.78, 5) is -0.0182. The third kappa shape index (κ3) is 4.99. The van der Waals surface area contributed by atoms with Gasteiger partial charge in [0.25, 0.3) is 0 Å². The first-order valence-electron chi connectivity index (χ1n) is 8.97. The van der Waals surface area contributed by atoms with E-state index >= 15 is 0 Å². The van der Waals surface area contributed by atoms with Crippen LogP contribution < -0.4 is 5.43 Å². The minimum atomic E-state index is -4.19. The molecule has 8 heteroatoms. The summed E-state index contributed by atoms with van der Waals surface area (Å²) in [5.41, 5.74) is 3.09. The van der Waals surface area contributed by atoms with Crippen LogP contribution in [0.3, 0.4) is 0 Å². The van der Waals surface area contributed by atoms with Crippen molar-refractivity contribution in [3.05, 3.63) is 101 Å². The van der Waals surface area contributed by atoms with Crippen molar-refractivity contribution in [3.8, 4) is 12.1 Å². The molecule has 0 unspecified atom stereocenters. The van der Waals surface area contributed by atoms with Crippen LogP contribution in [0.1, 0.15) is 5.56 Å². The van der Waals surface area contributed by atoms with Crippen molar-refractivity contribution in [3.63, 3.8) is 0 Å². The summed E-state index contributed by atoms with van der Waals surface area (Å²) in [6, 6.07) is 26.1. The molecule has 152 valence electrons. The van der Waals surface area contributed by atoms with Gasteiger partial charge in [-0.1, -0.05) is 60.1 Å². The van der Waals surface area contributed by atoms with Crippen LogP contribution in [0.15, 0.2) is 100 Å². The number of halogens is 1. The zero-order valence-electron chi connectivity index (χ0n) is 16.0. The number of benzene rings is 3. The summed E-state index contributed by atoms with van der Waals surface area (Å²) in [6.07, 6.45) is 0. The van der Waals surface area contributed by atoms with Crippen LogP contribution in [0.5, 0.6) is 0 Å². The highest BCUT2D eigenvalue weighted by Crippen LogP contribution is 2.27. The number of hydrogen-bond donors (Lipinski definition) is 1. The summed E-state index contributed by atoms with van der Waals surface area (Å²) in [6.45, 7) is 0. The molecular formula is C23H15ClN4O2S. The molecule has 31 heavy (non-hydrogen) atoms. The quantitative estimate of drug-likeness (QED) is 0.256. The SMILES string of the molecule is N#CC(C#N)=C(/C(=N\Nc1ccc(Cl)cc1)S(=O)(=O)c1ccccc1)c1ccccc1. The average molecular weight is 447 g/mol. The molecule has 0 spiro atoms. The van der Waals surface area contributed by atoms with Crippen LogP contribution in [0, 0.1) is 22.7 Å². The fourth-order valence-electron chi connectivity index (χ4n) is 2.72. The van der Waals surface area contributed by atoms with Gasteiger partial charge in [0, 0.05) is 10.6 Å². The van der Waals surface area contributed by atoms with Gasteiger partial charge in [-0.3, -0.25) is 5.43 Å². The van der Waals surface area contributed by atoms with Crippen LogP contribution in [0.25, 0.3) is 5.57 Å². The lowest BCUT2D eigenvalue weighted by molar-refractivity contribution is 0.607. The summed E-state index contributed by atoms with van der Waals surface area (Å²) >= 11 is 5.90. The fourth-order valence-corrected chi connectivity index (χ4v) is 4.24. The van der Waals surface area contributed by atoms with Crippen LogP contribution in [0.4, 0.5) is 5.69 Å². The number of hydrogen-bond acceptors (Lipinski definition) is 6. The Hall–Kier alpha value is -3.91. The first-order valence-corrected chi connectivity index (χ1v) is 10.8. The predicted molar refractivity (Wildman–Crippen MR) is 121 cm³/mol. The molecule has 6 nitrogen and oxygen atoms in total. The number of rotatable bonds is 5. The average Bonchev–Trinajstić information content (AvgIpc) is 2.81. The van der Waals surface area contributed by atoms with Gasteiger partial charge in [-0.05, 0) is 42.0 Å². The molecule has 0 aliphatic carbocycles. The van der Waals surface area contributed by atoms with Gasteiger partial charge in [-0.25, -0.2) is 8.42 Å². The number of hydrazone groups is 1. The topological polar surface area (TPSA) is 106 Å². The number of nitrogens with zero attached hydrogens (tertiary/aromatic N) is 3. The van der Waals surface area contributed by atoms with E-state index in [1.165, 1.54) is 12.1 Å².